The Morgan fingerprint density at radius 2 is 0.637 bits per heavy atom. The average Bonchev–Trinajstić information content (AvgIpc) is 0.737. The second-order valence-electron chi connectivity index (χ2n) is 22.8. The summed E-state index contributed by atoms with van der Waals surface area (Å²) in [5, 5.41) is 19.2. The minimum atomic E-state index is -3.72. The van der Waals surface area contributed by atoms with Crippen LogP contribution in [0.15, 0.2) is 261 Å². The molecule has 3 aliphatic rings. The summed E-state index contributed by atoms with van der Waals surface area (Å²) in [4.78, 5) is 79.4. The highest BCUT2D eigenvalue weighted by Gasteiger charge is 2.41. The molecule has 0 fully saturated rings. The Labute approximate surface area is 586 Å². The molecule has 23 heteroatoms. The summed E-state index contributed by atoms with van der Waals surface area (Å²) in [5.41, 5.74) is 7.12. The number of esters is 5. The summed E-state index contributed by atoms with van der Waals surface area (Å²) in [6, 6.07) is 74.1. The van der Waals surface area contributed by atoms with Crippen molar-refractivity contribution < 1.29 is 94.7 Å². The van der Waals surface area contributed by atoms with Crippen LogP contribution in [0, 0.1) is 6.92 Å². The van der Waals surface area contributed by atoms with Crippen molar-refractivity contribution in [1.29, 1.82) is 0 Å². The monoisotopic (exact) mass is 1420 g/mol. The van der Waals surface area contributed by atoms with E-state index in [9.17, 15) is 47.3 Å². The topological polar surface area (TPSA) is 285 Å². The van der Waals surface area contributed by atoms with Crippen molar-refractivity contribution in [1.82, 2.24) is 0 Å². The number of ether oxygens (including phenoxy) is 5. The first-order valence-electron chi connectivity index (χ1n) is 31.2. The van der Waals surface area contributed by atoms with E-state index in [0.29, 0.717) is 34.1 Å². The lowest BCUT2D eigenvalue weighted by Gasteiger charge is -2.29. The summed E-state index contributed by atoms with van der Waals surface area (Å²) in [5.74, 6) is -1.79. The Morgan fingerprint density at radius 1 is 0.314 bits per heavy atom. The number of aromatic carboxylic acids is 2. The first-order chi connectivity index (χ1) is 48.8. The van der Waals surface area contributed by atoms with Crippen LogP contribution in [0.25, 0.3) is 33.4 Å². The largest absolute Gasteiger partial charge is 0.478 e. The second kappa shape index (κ2) is 31.8. The van der Waals surface area contributed by atoms with Crippen LogP contribution in [0.1, 0.15) is 67.8 Å². The van der Waals surface area contributed by atoms with Crippen molar-refractivity contribution in [2.45, 2.75) is 27.7 Å². The van der Waals surface area contributed by atoms with Gasteiger partial charge in [-0.2, -0.15) is 0 Å². The molecule has 11 aromatic carbocycles. The molecule has 102 heavy (non-hydrogen) atoms. The van der Waals surface area contributed by atoms with Gasteiger partial charge in [-0.05, 0) is 151 Å². The SMILES string of the molecule is CC(=O)Oc1ccc(OC(=O)c2cccc(C(=O)Oc3ccc(C)cc3)c2)cc1.CC(=O)Oc1ccc(OC(C)=O)c(P2(=O)Oc3ccccc3-c3ccccc32)c1.CP1(=O)Oc2ccccc2-c2ccccc21.CP1(=O)Oc2ccccc2-c2ccccc21.O=C(O)c1cccc(C(=O)O)c1. The highest BCUT2D eigenvalue weighted by molar-refractivity contribution is 7.75. The Morgan fingerprint density at radius 3 is 1.06 bits per heavy atom. The maximum Gasteiger partial charge on any atom is 0.343 e. The number of hydrogen-bond acceptors (Lipinski definition) is 18. The van der Waals surface area contributed by atoms with Crippen molar-refractivity contribution in [3.63, 3.8) is 0 Å². The van der Waals surface area contributed by atoms with Gasteiger partial charge >= 0.3 is 49.2 Å². The van der Waals surface area contributed by atoms with Crippen molar-refractivity contribution in [2.24, 2.45) is 0 Å². The van der Waals surface area contributed by atoms with Crippen LogP contribution in [-0.2, 0) is 28.1 Å². The van der Waals surface area contributed by atoms with E-state index < -0.39 is 63.9 Å². The lowest BCUT2D eigenvalue weighted by atomic mass is 10.0. The van der Waals surface area contributed by atoms with E-state index in [-0.39, 0.29) is 44.8 Å². The highest BCUT2D eigenvalue weighted by Crippen LogP contribution is 2.56. The Kier molecular flexibility index (Phi) is 22.6. The van der Waals surface area contributed by atoms with Gasteiger partial charge < -0.3 is 47.5 Å². The fourth-order valence-electron chi connectivity index (χ4n) is 10.7. The van der Waals surface area contributed by atoms with Crippen LogP contribution >= 0.6 is 22.1 Å². The van der Waals surface area contributed by atoms with Gasteiger partial charge in [0.2, 0.25) is 0 Å². The quantitative estimate of drug-likeness (QED) is 0.0731. The zero-order valence-corrected chi connectivity index (χ0v) is 58.1. The van der Waals surface area contributed by atoms with Crippen molar-refractivity contribution in [2.75, 3.05) is 13.3 Å². The lowest BCUT2D eigenvalue weighted by molar-refractivity contribution is -0.133. The van der Waals surface area contributed by atoms with Crippen LogP contribution < -0.4 is 58.5 Å². The van der Waals surface area contributed by atoms with Gasteiger partial charge in [-0.1, -0.05) is 139 Å². The Bertz CT molecular complexity index is 5060. The predicted octanol–water partition coefficient (Wildman–Crippen LogP) is 15.8. The molecule has 2 N–H and O–H groups in total. The van der Waals surface area contributed by atoms with Crippen molar-refractivity contribution in [3.8, 4) is 79.4 Å². The lowest BCUT2D eigenvalue weighted by Crippen LogP contribution is -2.27. The summed E-state index contributed by atoms with van der Waals surface area (Å²) in [7, 11) is -9.14. The van der Waals surface area contributed by atoms with Gasteiger partial charge in [0.25, 0.3) is 14.7 Å². The molecule has 0 spiro atoms. The molecular formula is C79H63O20P3. The minimum absolute atomic E-state index is 0.0186. The van der Waals surface area contributed by atoms with E-state index in [1.54, 1.807) is 61.9 Å². The van der Waals surface area contributed by atoms with Crippen molar-refractivity contribution in [3.05, 3.63) is 289 Å². The first kappa shape index (κ1) is 72.5. The number of para-hydroxylation sites is 3. The standard InChI is InChI=1S/C23H18O6.C22H17O6P.2C13H11O2P.C8H6O4/c1-15-6-8-20(9-7-15)28-22(25)17-4-3-5-18(14-17)23(26)29-21-12-10-19(11-13-21)27-16(2)24;1-14(23)26-16-11-12-20(27-15(2)24)22(13-16)29(25)21-10-6-4-8-18(21)17-7-3-5-9-19(17)28-29;2*1-16(14)13-9-5-3-7-11(13)10-6-2-4-8-12(10)15-16;9-7(10)5-2-1-3-6(4-5)8(11)12/h3-14H,1-2H3;3-13H,1-2H3;2*2-9H,1H3;1-4H,(H,9,10)(H,11,12). The summed E-state index contributed by atoms with van der Waals surface area (Å²) < 4.78 is 82.3. The number of carbonyl (C=O) groups is 7. The molecule has 514 valence electrons. The number of carboxylic acid groups (broad SMARTS) is 2. The van der Waals surface area contributed by atoms with Gasteiger partial charge in [0.15, 0.2) is 0 Å². The summed E-state index contributed by atoms with van der Waals surface area (Å²) in [6.07, 6.45) is 0. The van der Waals surface area contributed by atoms with Crippen LogP contribution in [0.5, 0.6) is 46.0 Å². The van der Waals surface area contributed by atoms with Gasteiger partial charge in [0.05, 0.1) is 43.5 Å². The number of aryl methyl sites for hydroxylation is 1. The average molecular weight is 1430 g/mol. The third kappa shape index (κ3) is 17.6. The molecule has 0 aromatic heterocycles. The molecule has 3 unspecified atom stereocenters. The molecule has 0 radical (unpaired) electrons. The molecule has 3 atom stereocenters. The predicted molar refractivity (Wildman–Crippen MR) is 385 cm³/mol. The fourth-order valence-corrected chi connectivity index (χ4v) is 16.3. The van der Waals surface area contributed by atoms with E-state index in [1.807, 2.05) is 140 Å². The van der Waals surface area contributed by atoms with Crippen molar-refractivity contribution >= 4 is 85.1 Å². The third-order valence-electron chi connectivity index (χ3n) is 15.2. The number of hydrogen-bond donors (Lipinski definition) is 2. The number of carbonyl (C=O) groups excluding carboxylic acids is 5. The van der Waals surface area contributed by atoms with E-state index in [4.69, 9.17) is 47.5 Å². The Balaban J connectivity index is 0.000000143. The van der Waals surface area contributed by atoms with Gasteiger partial charge in [0.1, 0.15) is 46.0 Å². The van der Waals surface area contributed by atoms with Crippen LogP contribution in [-0.4, -0.2) is 65.3 Å². The molecule has 3 aliphatic heterocycles. The second-order valence-corrected chi connectivity index (χ2v) is 29.8. The maximum atomic E-state index is 14.3. The fraction of sp³-hybridized carbons (Fsp3) is 0.0759. The zero-order valence-electron chi connectivity index (χ0n) is 55.4. The molecule has 11 aromatic rings. The van der Waals surface area contributed by atoms with Gasteiger partial charge in [-0.15, -0.1) is 0 Å². The van der Waals surface area contributed by atoms with Gasteiger partial charge in [-0.25, -0.2) is 19.2 Å². The Hall–Kier alpha value is -12.2. The van der Waals surface area contributed by atoms with Crippen LogP contribution in [0.2, 0.25) is 0 Å². The molecule has 0 saturated heterocycles. The molecule has 20 nitrogen and oxygen atoms in total. The third-order valence-corrected chi connectivity index (χ3v) is 21.3. The number of carboxylic acids is 2. The molecule has 3 heterocycles. The number of benzene rings is 11. The normalized spacial score (nSPS) is 15.6. The van der Waals surface area contributed by atoms with E-state index in [1.165, 1.54) is 93.6 Å². The molecule has 0 bridgehead atoms. The smallest absolute Gasteiger partial charge is 0.343 e. The molecule has 0 aliphatic carbocycles. The van der Waals surface area contributed by atoms with Gasteiger partial charge in [-0.3, -0.25) is 28.1 Å². The number of rotatable bonds is 10. The number of fused-ring (bicyclic) bond motifs is 9. The highest BCUT2D eigenvalue weighted by atomic mass is 31.2. The minimum Gasteiger partial charge on any atom is -0.478 e. The van der Waals surface area contributed by atoms with Gasteiger partial charge in [0, 0.05) is 50.8 Å². The molecule has 0 amide bonds. The summed E-state index contributed by atoms with van der Waals surface area (Å²) >= 11 is 0. The maximum absolute atomic E-state index is 14.3. The molecular weight excluding hydrogens is 1360 g/mol. The molecule has 0 saturated carbocycles. The van der Waals surface area contributed by atoms with Crippen LogP contribution in [0.4, 0.5) is 0 Å². The zero-order chi connectivity index (χ0) is 72.9. The van der Waals surface area contributed by atoms with Crippen LogP contribution in [0.3, 0.4) is 0 Å². The van der Waals surface area contributed by atoms with E-state index >= 15 is 0 Å². The summed E-state index contributed by atoms with van der Waals surface area (Å²) in [6.45, 7) is 9.09. The molecule has 14 rings (SSSR count). The van der Waals surface area contributed by atoms with E-state index in [0.717, 1.165) is 55.6 Å². The first-order valence-corrected chi connectivity index (χ1v) is 36.9. The van der Waals surface area contributed by atoms with E-state index in [2.05, 4.69) is 0 Å².